The first-order chi connectivity index (χ1) is 12.5. The highest BCUT2D eigenvalue weighted by atomic mass is 16.2. The Bertz CT molecular complexity index is 861. The molecule has 1 heterocycles. The molecule has 0 aromatic heterocycles. The molecule has 0 radical (unpaired) electrons. The zero-order chi connectivity index (χ0) is 18.7. The smallest absolute Gasteiger partial charge is 0.240 e. The highest BCUT2D eigenvalue weighted by Gasteiger charge is 2.24. The Balaban J connectivity index is 1.78. The van der Waals surface area contributed by atoms with E-state index >= 15 is 0 Å². The summed E-state index contributed by atoms with van der Waals surface area (Å²) in [6, 6.07) is 14.1. The third-order valence-electron chi connectivity index (χ3n) is 4.51. The van der Waals surface area contributed by atoms with Crippen molar-refractivity contribution in [1.82, 2.24) is 5.43 Å². The number of rotatable bonds is 5. The molecule has 26 heavy (non-hydrogen) atoms. The Morgan fingerprint density at radius 2 is 2.00 bits per heavy atom. The summed E-state index contributed by atoms with van der Waals surface area (Å²) in [7, 11) is 0. The van der Waals surface area contributed by atoms with E-state index in [1.54, 1.807) is 18.2 Å². The molecule has 0 bridgehead atoms. The van der Waals surface area contributed by atoms with Gasteiger partial charge in [0.15, 0.2) is 5.78 Å². The lowest BCUT2D eigenvalue weighted by molar-refractivity contribution is -0.121. The predicted molar refractivity (Wildman–Crippen MR) is 102 cm³/mol. The van der Waals surface area contributed by atoms with E-state index in [9.17, 15) is 9.59 Å². The molecule has 0 saturated carbocycles. The van der Waals surface area contributed by atoms with Crippen LogP contribution in [0.4, 0.5) is 5.69 Å². The number of anilines is 1. The fraction of sp³-hybridized carbons (Fsp3) is 0.250. The number of nitrogens with two attached hydrogens (primary N) is 2. The molecule has 1 aliphatic heterocycles. The molecule has 1 unspecified atom stereocenters. The number of carbonyl (C=O) groups excluding carboxylic acids is 2. The second kappa shape index (κ2) is 7.49. The molecule has 2 aromatic carbocycles. The van der Waals surface area contributed by atoms with Crippen LogP contribution in [0.15, 0.2) is 53.6 Å². The molecular weight excluding hydrogens is 328 g/mol. The van der Waals surface area contributed by atoms with Crippen LogP contribution in [0.5, 0.6) is 0 Å². The molecule has 6 heteroatoms. The normalized spacial score (nSPS) is 18.0. The summed E-state index contributed by atoms with van der Waals surface area (Å²) in [5.41, 5.74) is 18.1. The van der Waals surface area contributed by atoms with Crippen LogP contribution in [0.25, 0.3) is 0 Å². The largest absolute Gasteiger partial charge is 0.398 e. The van der Waals surface area contributed by atoms with Crippen molar-refractivity contribution in [2.75, 3.05) is 5.73 Å². The Morgan fingerprint density at radius 3 is 2.65 bits per heavy atom. The van der Waals surface area contributed by atoms with Crippen LogP contribution in [0, 0.1) is 5.92 Å². The summed E-state index contributed by atoms with van der Waals surface area (Å²) in [4.78, 5) is 24.0. The number of hydrogen-bond acceptors (Lipinski definition) is 5. The molecule has 1 aliphatic rings. The molecule has 0 saturated heterocycles. The van der Waals surface area contributed by atoms with Crippen LogP contribution < -0.4 is 16.9 Å². The molecular formula is C20H22N4O2. The zero-order valence-electron chi connectivity index (χ0n) is 14.6. The first-order valence-corrected chi connectivity index (χ1v) is 8.55. The second-order valence-electron chi connectivity index (χ2n) is 6.60. The maximum Gasteiger partial charge on any atom is 0.240 e. The first-order valence-electron chi connectivity index (χ1n) is 8.55. The number of carbonyl (C=O) groups is 2. The minimum absolute atomic E-state index is 0.0343. The Morgan fingerprint density at radius 1 is 1.27 bits per heavy atom. The summed E-state index contributed by atoms with van der Waals surface area (Å²) in [5, 5.41) is 4.12. The quantitative estimate of drug-likeness (QED) is 0.565. The van der Waals surface area contributed by atoms with E-state index in [-0.39, 0.29) is 17.6 Å². The fourth-order valence-electron chi connectivity index (χ4n) is 3.10. The van der Waals surface area contributed by atoms with Crippen LogP contribution in [-0.2, 0) is 11.2 Å². The average molecular weight is 350 g/mol. The van der Waals surface area contributed by atoms with Crippen LogP contribution >= 0.6 is 0 Å². The molecule has 3 rings (SSSR count). The summed E-state index contributed by atoms with van der Waals surface area (Å²) in [6.07, 6.45) is 0.831. The molecule has 5 N–H and O–H groups in total. The summed E-state index contributed by atoms with van der Waals surface area (Å²) in [5.74, 6) is -0.300. The molecule has 134 valence electrons. The van der Waals surface area contributed by atoms with Gasteiger partial charge in [-0.25, -0.2) is 5.43 Å². The van der Waals surface area contributed by atoms with E-state index in [4.69, 9.17) is 11.5 Å². The maximum atomic E-state index is 12.6. The highest BCUT2D eigenvalue weighted by Crippen LogP contribution is 2.23. The van der Waals surface area contributed by atoms with E-state index in [0.29, 0.717) is 24.1 Å². The number of hydrazone groups is 1. The van der Waals surface area contributed by atoms with Gasteiger partial charge in [-0.15, -0.1) is 0 Å². The van der Waals surface area contributed by atoms with Crippen molar-refractivity contribution in [2.24, 2.45) is 16.8 Å². The van der Waals surface area contributed by atoms with Crippen molar-refractivity contribution in [3.8, 4) is 0 Å². The van der Waals surface area contributed by atoms with E-state index < -0.39 is 6.04 Å². The number of nitrogens with one attached hydrogen (secondary N) is 1. The minimum Gasteiger partial charge on any atom is -0.398 e. The van der Waals surface area contributed by atoms with Gasteiger partial charge in [-0.1, -0.05) is 49.4 Å². The number of ketones is 1. The monoisotopic (exact) mass is 350 g/mol. The SMILES string of the molecule is CC1CC(=O)NN=C1c1ccc(C(=O)[C@@H](N)Cc2ccccc2)cc1N. The molecule has 0 spiro atoms. The van der Waals surface area contributed by atoms with E-state index in [2.05, 4.69) is 10.5 Å². The zero-order valence-corrected chi connectivity index (χ0v) is 14.6. The van der Waals surface area contributed by atoms with E-state index in [1.807, 2.05) is 37.3 Å². The first kappa shape index (κ1) is 17.8. The van der Waals surface area contributed by atoms with E-state index in [1.165, 1.54) is 0 Å². The number of Topliss-reactive ketones (excluding diaryl/α,β-unsaturated/α-hetero) is 1. The van der Waals surface area contributed by atoms with Gasteiger partial charge in [0.2, 0.25) is 5.91 Å². The van der Waals surface area contributed by atoms with Gasteiger partial charge in [0.05, 0.1) is 11.8 Å². The van der Waals surface area contributed by atoms with E-state index in [0.717, 1.165) is 16.8 Å². The number of nitrogen functional groups attached to an aromatic ring is 1. The standard InChI is InChI=1S/C20H22N4O2/c1-12-9-18(25)23-24-19(12)15-8-7-14(11-16(15)21)20(26)17(22)10-13-5-3-2-4-6-13/h2-8,11-12,17H,9-10,21-22H2,1H3,(H,23,25)/t12?,17-/m0/s1. The van der Waals surface area contributed by atoms with Crippen molar-refractivity contribution in [1.29, 1.82) is 0 Å². The second-order valence-corrected chi connectivity index (χ2v) is 6.60. The number of nitrogens with zero attached hydrogens (tertiary/aromatic N) is 1. The van der Waals surface area contributed by atoms with Crippen molar-refractivity contribution in [2.45, 2.75) is 25.8 Å². The van der Waals surface area contributed by atoms with Crippen molar-refractivity contribution in [3.63, 3.8) is 0 Å². The molecule has 1 amide bonds. The van der Waals surface area contributed by atoms with Crippen LogP contribution in [0.1, 0.15) is 34.8 Å². The number of hydrogen-bond donors (Lipinski definition) is 3. The summed E-state index contributed by atoms with van der Waals surface area (Å²) < 4.78 is 0. The maximum absolute atomic E-state index is 12.6. The Labute approximate surface area is 152 Å². The van der Waals surface area contributed by atoms with Gasteiger partial charge in [0.25, 0.3) is 0 Å². The molecule has 2 atom stereocenters. The lowest BCUT2D eigenvalue weighted by Crippen LogP contribution is -2.33. The van der Waals surface area contributed by atoms with Gasteiger partial charge in [-0.05, 0) is 18.1 Å². The van der Waals surface area contributed by atoms with Gasteiger partial charge in [-0.2, -0.15) is 5.10 Å². The molecule has 6 nitrogen and oxygen atoms in total. The van der Waals surface area contributed by atoms with Gasteiger partial charge in [0, 0.05) is 29.2 Å². The summed E-state index contributed by atoms with van der Waals surface area (Å²) >= 11 is 0. The van der Waals surface area contributed by atoms with Crippen molar-refractivity contribution >= 4 is 23.1 Å². The fourth-order valence-corrected chi connectivity index (χ4v) is 3.10. The lowest BCUT2D eigenvalue weighted by Gasteiger charge is -2.20. The molecule has 0 fully saturated rings. The van der Waals surface area contributed by atoms with Crippen molar-refractivity contribution < 1.29 is 9.59 Å². The average Bonchev–Trinajstić information content (AvgIpc) is 2.62. The van der Waals surface area contributed by atoms with Crippen LogP contribution in [0.2, 0.25) is 0 Å². The topological polar surface area (TPSA) is 111 Å². The number of amides is 1. The Hall–Kier alpha value is -2.99. The van der Waals surface area contributed by atoms with Gasteiger partial charge >= 0.3 is 0 Å². The van der Waals surface area contributed by atoms with Gasteiger partial charge in [-0.3, -0.25) is 9.59 Å². The number of benzene rings is 2. The minimum atomic E-state index is -0.632. The summed E-state index contributed by atoms with van der Waals surface area (Å²) in [6.45, 7) is 1.92. The van der Waals surface area contributed by atoms with Gasteiger partial charge < -0.3 is 11.5 Å². The van der Waals surface area contributed by atoms with Crippen LogP contribution in [0.3, 0.4) is 0 Å². The lowest BCUT2D eigenvalue weighted by atomic mass is 9.91. The highest BCUT2D eigenvalue weighted by molar-refractivity contribution is 6.10. The molecule has 2 aromatic rings. The third kappa shape index (κ3) is 3.81. The van der Waals surface area contributed by atoms with Crippen molar-refractivity contribution in [3.05, 3.63) is 65.2 Å². The van der Waals surface area contributed by atoms with Crippen LogP contribution in [-0.4, -0.2) is 23.4 Å². The van der Waals surface area contributed by atoms with Gasteiger partial charge in [0.1, 0.15) is 0 Å². The Kier molecular flexibility index (Phi) is 5.14. The molecule has 0 aliphatic carbocycles. The predicted octanol–water partition coefficient (Wildman–Crippen LogP) is 1.88. The third-order valence-corrected chi connectivity index (χ3v) is 4.51.